The minimum Gasteiger partial charge on any atom is -0.497 e. The number of hydrogen-bond acceptors (Lipinski definition) is 6. The highest BCUT2D eigenvalue weighted by atomic mass is 32.1. The van der Waals surface area contributed by atoms with Gasteiger partial charge in [-0.1, -0.05) is 0 Å². The van der Waals surface area contributed by atoms with Crippen LogP contribution in [-0.2, 0) is 13.0 Å². The molecule has 0 saturated carbocycles. The number of rotatable bonds is 2. The molecule has 4 aromatic rings. The first kappa shape index (κ1) is 14.8. The Labute approximate surface area is 148 Å². The molecule has 6 nitrogen and oxygen atoms in total. The molecule has 4 heterocycles. The SMILES string of the molecule is COc1ccc(-c2nc3c4c5c(sc4ncn3n2)CN(C)CC5)cc1. The van der Waals surface area contributed by atoms with Gasteiger partial charge in [0.15, 0.2) is 11.5 Å². The van der Waals surface area contributed by atoms with Crippen molar-refractivity contribution in [3.8, 4) is 17.1 Å². The Morgan fingerprint density at radius 1 is 1.20 bits per heavy atom. The Bertz CT molecular complexity index is 1080. The van der Waals surface area contributed by atoms with E-state index in [2.05, 4.69) is 22.0 Å². The van der Waals surface area contributed by atoms with Crippen LogP contribution in [-0.4, -0.2) is 45.2 Å². The molecule has 126 valence electrons. The van der Waals surface area contributed by atoms with Gasteiger partial charge in [0, 0.05) is 23.5 Å². The summed E-state index contributed by atoms with van der Waals surface area (Å²) < 4.78 is 7.02. The maximum atomic E-state index is 5.22. The van der Waals surface area contributed by atoms with Crippen LogP contribution in [0, 0.1) is 0 Å². The highest BCUT2D eigenvalue weighted by Crippen LogP contribution is 2.36. The van der Waals surface area contributed by atoms with Crippen LogP contribution < -0.4 is 4.74 Å². The zero-order valence-corrected chi connectivity index (χ0v) is 14.9. The van der Waals surface area contributed by atoms with E-state index in [0.717, 1.165) is 41.3 Å². The maximum absolute atomic E-state index is 5.22. The summed E-state index contributed by atoms with van der Waals surface area (Å²) in [5.74, 6) is 1.54. The van der Waals surface area contributed by atoms with Gasteiger partial charge in [0.1, 0.15) is 16.9 Å². The number of thiophene rings is 1. The van der Waals surface area contributed by atoms with Gasteiger partial charge in [0.25, 0.3) is 0 Å². The van der Waals surface area contributed by atoms with Gasteiger partial charge < -0.3 is 9.64 Å². The summed E-state index contributed by atoms with van der Waals surface area (Å²) in [5, 5.41) is 5.80. The fourth-order valence-corrected chi connectivity index (χ4v) is 4.64. The zero-order valence-electron chi connectivity index (χ0n) is 14.1. The van der Waals surface area contributed by atoms with Crippen LogP contribution in [0.25, 0.3) is 27.3 Å². The average molecular weight is 351 g/mol. The van der Waals surface area contributed by atoms with Gasteiger partial charge in [-0.2, -0.15) is 0 Å². The van der Waals surface area contributed by atoms with Crippen molar-refractivity contribution in [1.29, 1.82) is 0 Å². The fourth-order valence-electron chi connectivity index (χ4n) is 3.38. The molecule has 0 N–H and O–H groups in total. The second kappa shape index (κ2) is 5.50. The minimum absolute atomic E-state index is 0.713. The van der Waals surface area contributed by atoms with Crippen molar-refractivity contribution in [2.45, 2.75) is 13.0 Å². The second-order valence-corrected chi connectivity index (χ2v) is 7.43. The molecular formula is C18H17N5OS. The van der Waals surface area contributed by atoms with Crippen LogP contribution in [0.1, 0.15) is 10.4 Å². The quantitative estimate of drug-likeness (QED) is 0.556. The number of fused-ring (bicyclic) bond motifs is 5. The molecule has 7 heteroatoms. The van der Waals surface area contributed by atoms with Crippen LogP contribution in [0.5, 0.6) is 5.75 Å². The number of aromatic nitrogens is 4. The normalized spacial score (nSPS) is 15.0. The van der Waals surface area contributed by atoms with Crippen molar-refractivity contribution < 1.29 is 4.74 Å². The van der Waals surface area contributed by atoms with Crippen molar-refractivity contribution >= 4 is 27.2 Å². The van der Waals surface area contributed by atoms with Gasteiger partial charge in [-0.15, -0.1) is 16.4 Å². The molecule has 0 radical (unpaired) electrons. The van der Waals surface area contributed by atoms with Gasteiger partial charge in [0.2, 0.25) is 0 Å². The summed E-state index contributed by atoms with van der Waals surface area (Å²) in [6.07, 6.45) is 2.81. The van der Waals surface area contributed by atoms with E-state index >= 15 is 0 Å². The van der Waals surface area contributed by atoms with Gasteiger partial charge in [-0.05, 0) is 43.3 Å². The van der Waals surface area contributed by atoms with Crippen molar-refractivity contribution in [1.82, 2.24) is 24.5 Å². The first-order valence-electron chi connectivity index (χ1n) is 8.21. The predicted molar refractivity (Wildman–Crippen MR) is 98.2 cm³/mol. The molecule has 5 rings (SSSR count). The lowest BCUT2D eigenvalue weighted by atomic mass is 10.1. The molecule has 0 spiro atoms. The maximum Gasteiger partial charge on any atom is 0.182 e. The van der Waals surface area contributed by atoms with Crippen molar-refractivity contribution in [3.05, 3.63) is 41.0 Å². The van der Waals surface area contributed by atoms with E-state index in [1.807, 2.05) is 24.3 Å². The second-order valence-electron chi connectivity index (χ2n) is 6.35. The van der Waals surface area contributed by atoms with Crippen molar-refractivity contribution in [3.63, 3.8) is 0 Å². The topological polar surface area (TPSA) is 55.6 Å². The first-order valence-corrected chi connectivity index (χ1v) is 9.03. The number of benzene rings is 1. The van der Waals surface area contributed by atoms with E-state index in [9.17, 15) is 0 Å². The molecular weight excluding hydrogens is 334 g/mol. The standard InChI is InChI=1S/C18H17N5OS/c1-22-8-7-13-14(9-22)25-18-15(13)17-20-16(21-23(17)10-19-18)11-3-5-12(24-2)6-4-11/h3-6,10H,7-9H2,1-2H3. The van der Waals surface area contributed by atoms with Crippen LogP contribution >= 0.6 is 11.3 Å². The Kier molecular flexibility index (Phi) is 3.26. The largest absolute Gasteiger partial charge is 0.497 e. The lowest BCUT2D eigenvalue weighted by Gasteiger charge is -2.21. The molecule has 25 heavy (non-hydrogen) atoms. The lowest BCUT2D eigenvalue weighted by molar-refractivity contribution is 0.318. The third-order valence-corrected chi connectivity index (χ3v) is 5.84. The van der Waals surface area contributed by atoms with Crippen LogP contribution in [0.4, 0.5) is 0 Å². The van der Waals surface area contributed by atoms with Crippen molar-refractivity contribution in [2.75, 3.05) is 20.7 Å². The van der Waals surface area contributed by atoms with Gasteiger partial charge in [0.05, 0.1) is 12.5 Å². The Morgan fingerprint density at radius 3 is 2.84 bits per heavy atom. The van der Waals surface area contributed by atoms with E-state index < -0.39 is 0 Å². The summed E-state index contributed by atoms with van der Waals surface area (Å²) in [6, 6.07) is 7.82. The van der Waals surface area contributed by atoms with Gasteiger partial charge >= 0.3 is 0 Å². The fraction of sp³-hybridized carbons (Fsp3) is 0.278. The van der Waals surface area contributed by atoms with Crippen molar-refractivity contribution in [2.24, 2.45) is 0 Å². The monoisotopic (exact) mass is 351 g/mol. The average Bonchev–Trinajstić information content (AvgIpc) is 3.21. The van der Waals surface area contributed by atoms with E-state index in [1.54, 1.807) is 29.3 Å². The van der Waals surface area contributed by atoms with Crippen LogP contribution in [0.2, 0.25) is 0 Å². The van der Waals surface area contributed by atoms with E-state index in [0.29, 0.717) is 5.82 Å². The van der Waals surface area contributed by atoms with E-state index in [-0.39, 0.29) is 0 Å². The smallest absolute Gasteiger partial charge is 0.182 e. The molecule has 0 unspecified atom stereocenters. The molecule has 3 aromatic heterocycles. The Balaban J connectivity index is 1.69. The summed E-state index contributed by atoms with van der Waals surface area (Å²) in [6.45, 7) is 2.06. The molecule has 0 saturated heterocycles. The molecule has 0 atom stereocenters. The summed E-state index contributed by atoms with van der Waals surface area (Å²) in [7, 11) is 3.83. The molecule has 1 aromatic carbocycles. The van der Waals surface area contributed by atoms with E-state index in [4.69, 9.17) is 9.72 Å². The number of nitrogens with zero attached hydrogens (tertiary/aromatic N) is 5. The zero-order chi connectivity index (χ0) is 17.0. The molecule has 1 aliphatic heterocycles. The number of methoxy groups -OCH3 is 1. The van der Waals surface area contributed by atoms with Crippen LogP contribution in [0.3, 0.4) is 0 Å². The molecule has 0 amide bonds. The third-order valence-electron chi connectivity index (χ3n) is 4.72. The number of ether oxygens (including phenoxy) is 1. The summed E-state index contributed by atoms with van der Waals surface area (Å²) in [5.41, 5.74) is 3.27. The highest BCUT2D eigenvalue weighted by molar-refractivity contribution is 7.19. The third kappa shape index (κ3) is 2.31. The Hall–Kier alpha value is -2.51. The predicted octanol–water partition coefficient (Wildman–Crippen LogP) is 3.00. The highest BCUT2D eigenvalue weighted by Gasteiger charge is 2.22. The molecule has 0 fully saturated rings. The van der Waals surface area contributed by atoms with Gasteiger partial charge in [-0.25, -0.2) is 14.5 Å². The molecule has 0 bridgehead atoms. The minimum atomic E-state index is 0.713. The Morgan fingerprint density at radius 2 is 2.04 bits per heavy atom. The lowest BCUT2D eigenvalue weighted by Crippen LogP contribution is -2.25. The van der Waals surface area contributed by atoms with Gasteiger partial charge in [-0.3, -0.25) is 0 Å². The van der Waals surface area contributed by atoms with Crippen LogP contribution in [0.15, 0.2) is 30.6 Å². The summed E-state index contributed by atoms with van der Waals surface area (Å²) in [4.78, 5) is 14.3. The first-order chi connectivity index (χ1) is 12.2. The molecule has 1 aliphatic rings. The van der Waals surface area contributed by atoms with E-state index in [1.165, 1.54) is 15.8 Å². The molecule has 0 aliphatic carbocycles. The number of likely N-dealkylation sites (N-methyl/N-ethyl adjacent to an activating group) is 1. The summed E-state index contributed by atoms with van der Waals surface area (Å²) >= 11 is 1.78. The number of hydrogen-bond donors (Lipinski definition) is 0.